The summed E-state index contributed by atoms with van der Waals surface area (Å²) < 4.78 is 0. The first-order valence-corrected chi connectivity index (χ1v) is 6.97. The van der Waals surface area contributed by atoms with Gasteiger partial charge in [-0.25, -0.2) is 0 Å². The van der Waals surface area contributed by atoms with E-state index in [4.69, 9.17) is 5.11 Å². The Morgan fingerprint density at radius 3 is 2.38 bits per heavy atom. The zero-order valence-electron chi connectivity index (χ0n) is 10.6. The summed E-state index contributed by atoms with van der Waals surface area (Å²) in [7, 11) is 0. The highest BCUT2D eigenvalue weighted by atomic mass is 16.2. The number of nitrogens with one attached hydrogen (secondary N) is 1. The number of aliphatic hydroxyl groups excluding tert-OH is 1. The Balaban J connectivity index is 1.77. The van der Waals surface area contributed by atoms with Gasteiger partial charge in [-0.3, -0.25) is 0 Å². The molecule has 1 aliphatic rings. The fraction of sp³-hybridized carbons (Fsp3) is 1.00. The summed E-state index contributed by atoms with van der Waals surface area (Å²) >= 11 is 0. The third kappa shape index (κ3) is 7.20. The normalized spacial score (nSPS) is 17.8. The molecule has 0 aliphatic carbocycles. The van der Waals surface area contributed by atoms with Crippen molar-refractivity contribution < 1.29 is 5.11 Å². The van der Waals surface area contributed by atoms with Crippen LogP contribution in [0, 0.1) is 0 Å². The lowest BCUT2D eigenvalue weighted by Gasteiger charge is -2.26. The molecule has 0 spiro atoms. The number of rotatable bonds is 9. The largest absolute Gasteiger partial charge is 0.396 e. The van der Waals surface area contributed by atoms with E-state index < -0.39 is 0 Å². The highest BCUT2D eigenvalue weighted by Crippen LogP contribution is 2.08. The fourth-order valence-corrected chi connectivity index (χ4v) is 2.27. The van der Waals surface area contributed by atoms with Crippen LogP contribution in [-0.2, 0) is 0 Å². The minimum Gasteiger partial charge on any atom is -0.396 e. The van der Waals surface area contributed by atoms with Gasteiger partial charge >= 0.3 is 0 Å². The SMILES string of the molecule is OCCCCCNCCCN1CCCCC1. The van der Waals surface area contributed by atoms with Gasteiger partial charge in [0.2, 0.25) is 0 Å². The first-order chi connectivity index (χ1) is 7.93. The highest BCUT2D eigenvalue weighted by Gasteiger charge is 2.08. The molecular weight excluding hydrogens is 200 g/mol. The van der Waals surface area contributed by atoms with Crippen LogP contribution in [0.2, 0.25) is 0 Å². The van der Waals surface area contributed by atoms with Gasteiger partial charge < -0.3 is 15.3 Å². The molecule has 1 rings (SSSR count). The zero-order chi connectivity index (χ0) is 11.5. The monoisotopic (exact) mass is 228 g/mol. The van der Waals surface area contributed by atoms with Crippen molar-refractivity contribution in [1.29, 1.82) is 0 Å². The predicted molar refractivity (Wildman–Crippen MR) is 68.7 cm³/mol. The van der Waals surface area contributed by atoms with E-state index in [1.807, 2.05) is 0 Å². The van der Waals surface area contributed by atoms with Crippen molar-refractivity contribution in [2.45, 2.75) is 44.9 Å². The lowest BCUT2D eigenvalue weighted by atomic mass is 10.1. The van der Waals surface area contributed by atoms with Gasteiger partial charge in [0.15, 0.2) is 0 Å². The van der Waals surface area contributed by atoms with Crippen LogP contribution in [0.4, 0.5) is 0 Å². The lowest BCUT2D eigenvalue weighted by molar-refractivity contribution is 0.225. The third-order valence-corrected chi connectivity index (χ3v) is 3.29. The van der Waals surface area contributed by atoms with E-state index in [2.05, 4.69) is 10.2 Å². The number of aliphatic hydroxyl groups is 1. The summed E-state index contributed by atoms with van der Waals surface area (Å²) in [6, 6.07) is 0. The molecule has 0 aromatic rings. The third-order valence-electron chi connectivity index (χ3n) is 3.29. The molecule has 1 aliphatic heterocycles. The van der Waals surface area contributed by atoms with E-state index in [0.717, 1.165) is 25.9 Å². The molecule has 0 aromatic heterocycles. The molecule has 96 valence electrons. The van der Waals surface area contributed by atoms with Gasteiger partial charge in [0.1, 0.15) is 0 Å². The minimum absolute atomic E-state index is 0.342. The van der Waals surface area contributed by atoms with Crippen molar-refractivity contribution in [2.24, 2.45) is 0 Å². The molecule has 0 amide bonds. The van der Waals surface area contributed by atoms with Gasteiger partial charge in [-0.2, -0.15) is 0 Å². The first kappa shape index (κ1) is 13.9. The first-order valence-electron chi connectivity index (χ1n) is 6.97. The zero-order valence-corrected chi connectivity index (χ0v) is 10.6. The van der Waals surface area contributed by atoms with Crippen LogP contribution in [0.5, 0.6) is 0 Å². The standard InChI is InChI=1S/C13H28N2O/c16-13-6-1-3-8-14-9-7-12-15-10-4-2-5-11-15/h14,16H,1-13H2. The molecule has 1 heterocycles. The average Bonchev–Trinajstić information content (AvgIpc) is 2.34. The summed E-state index contributed by atoms with van der Waals surface area (Å²) in [6.07, 6.45) is 8.80. The van der Waals surface area contributed by atoms with Crippen molar-refractivity contribution in [3.8, 4) is 0 Å². The van der Waals surface area contributed by atoms with Crippen LogP contribution in [0.15, 0.2) is 0 Å². The molecule has 1 saturated heterocycles. The van der Waals surface area contributed by atoms with Crippen molar-refractivity contribution in [3.05, 3.63) is 0 Å². The summed E-state index contributed by atoms with van der Waals surface area (Å²) in [5.74, 6) is 0. The molecule has 0 aromatic carbocycles. The van der Waals surface area contributed by atoms with Gasteiger partial charge in [0, 0.05) is 6.61 Å². The van der Waals surface area contributed by atoms with Crippen LogP contribution in [0.1, 0.15) is 44.9 Å². The number of hydrogen-bond acceptors (Lipinski definition) is 3. The lowest BCUT2D eigenvalue weighted by Crippen LogP contribution is -2.32. The van der Waals surface area contributed by atoms with Gasteiger partial charge in [-0.1, -0.05) is 6.42 Å². The smallest absolute Gasteiger partial charge is 0.0431 e. The molecule has 0 bridgehead atoms. The summed E-state index contributed by atoms with van der Waals surface area (Å²) in [6.45, 7) is 6.50. The second-order valence-electron chi connectivity index (χ2n) is 4.79. The van der Waals surface area contributed by atoms with Gasteiger partial charge in [0.05, 0.1) is 0 Å². The molecule has 2 N–H and O–H groups in total. The molecule has 0 radical (unpaired) electrons. The molecule has 0 saturated carbocycles. The molecule has 1 fully saturated rings. The van der Waals surface area contributed by atoms with Crippen LogP contribution >= 0.6 is 0 Å². The molecule has 16 heavy (non-hydrogen) atoms. The highest BCUT2D eigenvalue weighted by molar-refractivity contribution is 4.64. The molecule has 0 atom stereocenters. The van der Waals surface area contributed by atoms with E-state index in [9.17, 15) is 0 Å². The Hall–Kier alpha value is -0.120. The quantitative estimate of drug-likeness (QED) is 0.589. The molecule has 3 nitrogen and oxygen atoms in total. The molecule has 3 heteroatoms. The maximum atomic E-state index is 8.63. The Bertz CT molecular complexity index is 147. The van der Waals surface area contributed by atoms with E-state index in [1.165, 1.54) is 51.7 Å². The maximum Gasteiger partial charge on any atom is 0.0431 e. The van der Waals surface area contributed by atoms with E-state index in [1.54, 1.807) is 0 Å². The summed E-state index contributed by atoms with van der Waals surface area (Å²) in [5, 5.41) is 12.1. The number of nitrogens with zero attached hydrogens (tertiary/aromatic N) is 1. The Morgan fingerprint density at radius 2 is 1.62 bits per heavy atom. The number of unbranched alkanes of at least 4 members (excludes halogenated alkanes) is 2. The van der Waals surface area contributed by atoms with Crippen molar-refractivity contribution in [3.63, 3.8) is 0 Å². The van der Waals surface area contributed by atoms with Crippen molar-refractivity contribution in [1.82, 2.24) is 10.2 Å². The van der Waals surface area contributed by atoms with Crippen LogP contribution < -0.4 is 5.32 Å². The number of hydrogen-bond donors (Lipinski definition) is 2. The van der Waals surface area contributed by atoms with Crippen LogP contribution in [0.3, 0.4) is 0 Å². The van der Waals surface area contributed by atoms with Crippen molar-refractivity contribution >= 4 is 0 Å². The Kier molecular flexibility index (Phi) is 8.77. The van der Waals surface area contributed by atoms with Gasteiger partial charge in [-0.05, 0) is 71.2 Å². The van der Waals surface area contributed by atoms with E-state index in [-0.39, 0.29) is 0 Å². The Morgan fingerprint density at radius 1 is 0.875 bits per heavy atom. The maximum absolute atomic E-state index is 8.63. The number of likely N-dealkylation sites (tertiary alicyclic amines) is 1. The predicted octanol–water partition coefficient (Wildman–Crippen LogP) is 1.61. The molecule has 0 unspecified atom stereocenters. The van der Waals surface area contributed by atoms with Crippen molar-refractivity contribution in [2.75, 3.05) is 39.3 Å². The van der Waals surface area contributed by atoms with E-state index >= 15 is 0 Å². The van der Waals surface area contributed by atoms with Crippen LogP contribution in [-0.4, -0.2) is 49.3 Å². The van der Waals surface area contributed by atoms with E-state index in [0.29, 0.717) is 6.61 Å². The topological polar surface area (TPSA) is 35.5 Å². The second kappa shape index (κ2) is 10.1. The minimum atomic E-state index is 0.342. The molecular formula is C13H28N2O. The Labute approximate surface area is 100 Å². The van der Waals surface area contributed by atoms with Gasteiger partial charge in [-0.15, -0.1) is 0 Å². The summed E-state index contributed by atoms with van der Waals surface area (Å²) in [4.78, 5) is 2.59. The second-order valence-corrected chi connectivity index (χ2v) is 4.79. The fourth-order valence-electron chi connectivity index (χ4n) is 2.27. The number of piperidine rings is 1. The summed E-state index contributed by atoms with van der Waals surface area (Å²) in [5.41, 5.74) is 0. The van der Waals surface area contributed by atoms with Gasteiger partial charge in [0.25, 0.3) is 0 Å². The van der Waals surface area contributed by atoms with Crippen LogP contribution in [0.25, 0.3) is 0 Å². The average molecular weight is 228 g/mol.